The van der Waals surface area contributed by atoms with Gasteiger partial charge >= 0.3 is 17.9 Å². The molecule has 0 radical (unpaired) electrons. The Labute approximate surface area is 183 Å². The van der Waals surface area contributed by atoms with Crippen molar-refractivity contribution in [2.45, 2.75) is 20.8 Å². The topological polar surface area (TPSA) is 96.4 Å². The summed E-state index contributed by atoms with van der Waals surface area (Å²) in [6.07, 6.45) is 1.14. The molecule has 1 N–H and O–H groups in total. The molecule has 0 aromatic heterocycles. The van der Waals surface area contributed by atoms with Crippen molar-refractivity contribution in [1.82, 2.24) is 9.80 Å². The molecule has 0 rings (SSSR count). The van der Waals surface area contributed by atoms with Gasteiger partial charge in [-0.3, -0.25) is 0 Å². The monoisotopic (exact) mass is 440 g/mol. The van der Waals surface area contributed by atoms with Crippen molar-refractivity contribution in [3.05, 3.63) is 37.0 Å². The van der Waals surface area contributed by atoms with Crippen LogP contribution >= 0.6 is 12.4 Å². The molecular weight excluding hydrogens is 400 g/mol. The van der Waals surface area contributed by atoms with E-state index < -0.39 is 5.97 Å². The largest absolute Gasteiger partial charge is 0.478 e. The molecule has 29 heavy (non-hydrogen) atoms. The van der Waals surface area contributed by atoms with Crippen LogP contribution in [0.4, 0.5) is 0 Å². The van der Waals surface area contributed by atoms with E-state index in [9.17, 15) is 14.4 Å². The van der Waals surface area contributed by atoms with E-state index >= 15 is 0 Å². The molecule has 0 aliphatic rings. The van der Waals surface area contributed by atoms with E-state index in [0.29, 0.717) is 12.2 Å². The quantitative estimate of drug-likeness (QED) is 0.526. The molecule has 0 fully saturated rings. The number of carboxylic acids is 1. The number of carbonyl (C=O) groups is 3. The fraction of sp³-hybridized carbons (Fsp3) is 0.550. The zero-order chi connectivity index (χ0) is 23.9. The lowest BCUT2D eigenvalue weighted by Gasteiger charge is -1.91. The maximum atomic E-state index is 10.2. The number of aliphatic carboxylic acids is 1. The highest BCUT2D eigenvalue weighted by Gasteiger charge is 1.95. The van der Waals surface area contributed by atoms with Crippen LogP contribution in [0.1, 0.15) is 20.8 Å². The highest BCUT2D eigenvalue weighted by molar-refractivity contribution is 5.86. The number of halogens is 1. The number of hydrogen-bond acceptors (Lipinski definition) is 7. The van der Waals surface area contributed by atoms with Gasteiger partial charge in [0.15, 0.2) is 0 Å². The second kappa shape index (κ2) is 30.6. The van der Waals surface area contributed by atoms with Crippen LogP contribution in [-0.2, 0) is 23.9 Å². The molecule has 0 aromatic rings. The maximum Gasteiger partial charge on any atom is 0.332 e. The standard InChI is InChI=1S/2C5H8O2.C4H6O2.2C3H9N.ClH/c1-4(2)5(6)7-3;1-3-5(6)7-4-2;1-3(2)4(5)6;2*1-4(2)3;/h1H2,2-3H3;3H,1,4H2,2H3;1H2,2H3,(H,5,6);2*1-3H3;1H. The van der Waals surface area contributed by atoms with E-state index in [1.165, 1.54) is 14.0 Å². The van der Waals surface area contributed by atoms with Crippen molar-refractivity contribution in [1.29, 1.82) is 0 Å². The van der Waals surface area contributed by atoms with Crippen LogP contribution < -0.4 is 0 Å². The van der Waals surface area contributed by atoms with Gasteiger partial charge in [0.05, 0.1) is 13.7 Å². The van der Waals surface area contributed by atoms with E-state index in [-0.39, 0.29) is 29.9 Å². The molecule has 9 heteroatoms. The first kappa shape index (κ1) is 41.3. The highest BCUT2D eigenvalue weighted by Crippen LogP contribution is 1.87. The molecule has 0 saturated carbocycles. The van der Waals surface area contributed by atoms with Crippen molar-refractivity contribution < 1.29 is 29.0 Å². The minimum absolute atomic E-state index is 0. The Balaban J connectivity index is -0.0000000577. The number of rotatable bonds is 4. The number of nitrogens with zero attached hydrogens (tertiary/aromatic N) is 2. The maximum absolute atomic E-state index is 10.2. The van der Waals surface area contributed by atoms with Crippen LogP contribution in [0.25, 0.3) is 0 Å². The Bertz CT molecular complexity index is 438. The summed E-state index contributed by atoms with van der Waals surface area (Å²) in [5.74, 6) is -1.64. The minimum Gasteiger partial charge on any atom is -0.478 e. The third-order valence-corrected chi connectivity index (χ3v) is 1.35. The highest BCUT2D eigenvalue weighted by atomic mass is 35.5. The Morgan fingerprint density at radius 2 is 1.21 bits per heavy atom. The predicted octanol–water partition coefficient (Wildman–Crippen LogP) is 2.90. The van der Waals surface area contributed by atoms with Gasteiger partial charge in [-0.1, -0.05) is 19.7 Å². The molecular formula is C20H41ClN2O6. The third-order valence-electron chi connectivity index (χ3n) is 1.35. The zero-order valence-electron chi connectivity index (χ0n) is 19.7. The normalized spacial score (nSPS) is 7.72. The lowest BCUT2D eigenvalue weighted by atomic mass is 10.4. The lowest BCUT2D eigenvalue weighted by Crippen LogP contribution is -1.99. The van der Waals surface area contributed by atoms with Crippen molar-refractivity contribution in [2.24, 2.45) is 0 Å². The average Bonchev–Trinajstić information content (AvgIpc) is 2.54. The summed E-state index contributed by atoms with van der Waals surface area (Å²) in [7, 11) is 13.3. The molecule has 0 aliphatic carbocycles. The van der Waals surface area contributed by atoms with Crippen molar-refractivity contribution in [3.8, 4) is 0 Å². The molecule has 0 atom stereocenters. The lowest BCUT2D eigenvalue weighted by molar-refractivity contribution is -0.137. The second-order valence-electron chi connectivity index (χ2n) is 6.00. The van der Waals surface area contributed by atoms with Crippen LogP contribution in [0.2, 0.25) is 0 Å². The summed E-state index contributed by atoms with van der Waals surface area (Å²) in [6.45, 7) is 14.9. The summed E-state index contributed by atoms with van der Waals surface area (Å²) in [5.41, 5.74) is 0.609. The first-order valence-corrected chi connectivity index (χ1v) is 8.24. The number of ether oxygens (including phenoxy) is 2. The van der Waals surface area contributed by atoms with Crippen LogP contribution in [0, 0.1) is 0 Å². The van der Waals surface area contributed by atoms with Gasteiger partial charge in [-0.15, -0.1) is 12.4 Å². The van der Waals surface area contributed by atoms with Gasteiger partial charge in [0, 0.05) is 17.2 Å². The number of carboxylic acid groups (broad SMARTS) is 1. The van der Waals surface area contributed by atoms with Gasteiger partial charge in [0.25, 0.3) is 0 Å². The third kappa shape index (κ3) is 89.1. The Kier molecular flexibility index (Phi) is 43.5. The second-order valence-corrected chi connectivity index (χ2v) is 6.00. The van der Waals surface area contributed by atoms with E-state index in [0.717, 1.165) is 6.08 Å². The fourth-order valence-corrected chi connectivity index (χ4v) is 0.375. The van der Waals surface area contributed by atoms with Gasteiger partial charge in [0.2, 0.25) is 0 Å². The number of esters is 2. The molecule has 0 amide bonds. The van der Waals surface area contributed by atoms with E-state index in [1.54, 1.807) is 13.8 Å². The molecule has 0 unspecified atom stereocenters. The number of methoxy groups -OCH3 is 1. The molecule has 0 bridgehead atoms. The van der Waals surface area contributed by atoms with Gasteiger partial charge in [-0.2, -0.15) is 0 Å². The zero-order valence-corrected chi connectivity index (χ0v) is 20.5. The smallest absolute Gasteiger partial charge is 0.332 e. The summed E-state index contributed by atoms with van der Waals surface area (Å²) in [5, 5.41) is 7.89. The fourth-order valence-electron chi connectivity index (χ4n) is 0.375. The minimum atomic E-state index is -0.935. The summed E-state index contributed by atoms with van der Waals surface area (Å²) >= 11 is 0. The Hall–Kier alpha value is -2.16. The molecule has 0 spiro atoms. The molecule has 0 saturated heterocycles. The molecule has 0 aliphatic heterocycles. The summed E-state index contributed by atoms with van der Waals surface area (Å²) in [6, 6.07) is 0. The van der Waals surface area contributed by atoms with Gasteiger partial charge in [0.1, 0.15) is 0 Å². The predicted molar refractivity (Wildman–Crippen MR) is 123 cm³/mol. The van der Waals surface area contributed by atoms with E-state index in [1.807, 2.05) is 52.1 Å². The van der Waals surface area contributed by atoms with Crippen molar-refractivity contribution >= 4 is 30.3 Å². The van der Waals surface area contributed by atoms with Gasteiger partial charge in [-0.25, -0.2) is 14.4 Å². The van der Waals surface area contributed by atoms with Crippen molar-refractivity contribution in [3.63, 3.8) is 0 Å². The number of hydrogen-bond donors (Lipinski definition) is 1. The first-order chi connectivity index (χ1) is 12.6. The van der Waals surface area contributed by atoms with E-state index in [2.05, 4.69) is 29.2 Å². The Morgan fingerprint density at radius 3 is 1.24 bits per heavy atom. The SMILES string of the molecule is C=C(C)C(=O)O.C=C(C)C(=O)OC.C=CC(=O)OCC.CN(C)C.CN(C)C.Cl. The molecule has 0 heterocycles. The van der Waals surface area contributed by atoms with Gasteiger partial charge in [-0.05, 0) is 63.1 Å². The molecule has 0 aromatic carbocycles. The van der Waals surface area contributed by atoms with E-state index in [4.69, 9.17) is 5.11 Å². The van der Waals surface area contributed by atoms with Crippen molar-refractivity contribution in [2.75, 3.05) is 56.0 Å². The van der Waals surface area contributed by atoms with Crippen LogP contribution in [0.15, 0.2) is 37.0 Å². The first-order valence-electron chi connectivity index (χ1n) is 8.24. The molecule has 8 nitrogen and oxygen atoms in total. The summed E-state index contributed by atoms with van der Waals surface area (Å²) in [4.78, 5) is 33.9. The summed E-state index contributed by atoms with van der Waals surface area (Å²) < 4.78 is 8.71. The molecule has 174 valence electrons. The van der Waals surface area contributed by atoms with Crippen LogP contribution in [0.3, 0.4) is 0 Å². The Morgan fingerprint density at radius 1 is 0.931 bits per heavy atom. The number of carbonyl (C=O) groups excluding carboxylic acids is 2. The van der Waals surface area contributed by atoms with Crippen LogP contribution in [-0.4, -0.2) is 88.8 Å². The van der Waals surface area contributed by atoms with Gasteiger partial charge < -0.3 is 24.4 Å². The van der Waals surface area contributed by atoms with Crippen LogP contribution in [0.5, 0.6) is 0 Å². The average molecular weight is 441 g/mol.